The quantitative estimate of drug-likeness (QED) is 0.815. The normalized spacial score (nSPS) is 13.4. The summed E-state index contributed by atoms with van der Waals surface area (Å²) < 4.78 is 65.3. The summed E-state index contributed by atoms with van der Waals surface area (Å²) in [4.78, 5) is 10.4. The molecule has 0 aromatic heterocycles. The second kappa shape index (κ2) is 7.24. The van der Waals surface area contributed by atoms with E-state index in [0.717, 1.165) is 18.2 Å². The Hall–Kier alpha value is -2.39. The summed E-state index contributed by atoms with van der Waals surface area (Å²) in [6.45, 7) is 0. The smallest absolute Gasteiger partial charge is 0.416 e. The van der Waals surface area contributed by atoms with Crippen molar-refractivity contribution in [3.8, 4) is 0 Å². The van der Waals surface area contributed by atoms with E-state index in [2.05, 4.69) is 4.72 Å². The van der Waals surface area contributed by atoms with Crippen molar-refractivity contribution < 1.29 is 31.5 Å². The average molecular weight is 373 g/mol. The summed E-state index contributed by atoms with van der Waals surface area (Å²) in [7, 11) is -4.35. The Labute approximate surface area is 142 Å². The molecule has 0 bridgehead atoms. The fourth-order valence-electron chi connectivity index (χ4n) is 2.18. The van der Waals surface area contributed by atoms with Gasteiger partial charge in [0.1, 0.15) is 0 Å². The average Bonchev–Trinajstić information content (AvgIpc) is 2.54. The van der Waals surface area contributed by atoms with E-state index in [1.807, 2.05) is 0 Å². The lowest BCUT2D eigenvalue weighted by atomic mass is 10.1. The van der Waals surface area contributed by atoms with E-state index in [4.69, 9.17) is 5.11 Å². The Kier molecular flexibility index (Phi) is 5.48. The molecule has 0 amide bonds. The van der Waals surface area contributed by atoms with Crippen molar-refractivity contribution in [1.29, 1.82) is 0 Å². The Morgan fingerprint density at radius 2 is 1.72 bits per heavy atom. The fourth-order valence-corrected chi connectivity index (χ4v) is 3.45. The van der Waals surface area contributed by atoms with Gasteiger partial charge < -0.3 is 5.11 Å². The highest BCUT2D eigenvalue weighted by Gasteiger charge is 2.32. The van der Waals surface area contributed by atoms with Crippen molar-refractivity contribution in [3.05, 3.63) is 65.7 Å². The molecule has 2 aromatic rings. The van der Waals surface area contributed by atoms with Gasteiger partial charge in [-0.15, -0.1) is 0 Å². The predicted octanol–water partition coefficient (Wildman–Crippen LogP) is 3.20. The van der Waals surface area contributed by atoms with Crippen LogP contribution in [0.1, 0.15) is 23.6 Å². The molecule has 1 unspecified atom stereocenters. The lowest BCUT2D eigenvalue weighted by Crippen LogP contribution is -2.30. The number of carboxylic acids is 1. The van der Waals surface area contributed by atoms with Crippen LogP contribution in [0.4, 0.5) is 13.2 Å². The molecule has 0 saturated carbocycles. The molecule has 2 rings (SSSR count). The van der Waals surface area contributed by atoms with Gasteiger partial charge in [-0.1, -0.05) is 36.4 Å². The zero-order chi connectivity index (χ0) is 18.7. The van der Waals surface area contributed by atoms with Crippen LogP contribution < -0.4 is 4.72 Å². The minimum atomic E-state index is -4.69. The van der Waals surface area contributed by atoms with Crippen LogP contribution in [0.25, 0.3) is 0 Å². The number of carbonyl (C=O) groups is 1. The van der Waals surface area contributed by atoms with Gasteiger partial charge in [-0.3, -0.25) is 4.79 Å². The van der Waals surface area contributed by atoms with Crippen LogP contribution in [0, 0.1) is 0 Å². The maximum Gasteiger partial charge on any atom is 0.416 e. The summed E-state index contributed by atoms with van der Waals surface area (Å²) in [6.07, 6.45) is -5.24. The van der Waals surface area contributed by atoms with Crippen molar-refractivity contribution in [1.82, 2.24) is 4.72 Å². The van der Waals surface area contributed by atoms with Crippen molar-refractivity contribution in [2.45, 2.75) is 23.5 Å². The maximum absolute atomic E-state index is 12.8. The molecule has 0 aliphatic carbocycles. The van der Waals surface area contributed by atoms with E-state index in [9.17, 15) is 26.4 Å². The van der Waals surface area contributed by atoms with Gasteiger partial charge in [0.15, 0.2) is 0 Å². The third-order valence-electron chi connectivity index (χ3n) is 3.35. The summed E-state index contributed by atoms with van der Waals surface area (Å²) in [5.74, 6) is -1.25. The molecule has 2 aromatic carbocycles. The number of nitrogens with one attached hydrogen (secondary N) is 1. The van der Waals surface area contributed by atoms with E-state index in [-0.39, 0.29) is 0 Å². The number of benzene rings is 2. The largest absolute Gasteiger partial charge is 0.481 e. The van der Waals surface area contributed by atoms with Crippen LogP contribution in [0.15, 0.2) is 59.5 Å². The number of sulfonamides is 1. The molecule has 0 spiro atoms. The molecule has 2 N–H and O–H groups in total. The van der Waals surface area contributed by atoms with Gasteiger partial charge in [0, 0.05) is 0 Å². The number of hydrogen-bond donors (Lipinski definition) is 2. The Morgan fingerprint density at radius 1 is 1.08 bits per heavy atom. The topological polar surface area (TPSA) is 83.5 Å². The minimum Gasteiger partial charge on any atom is -0.481 e. The second-order valence-electron chi connectivity index (χ2n) is 5.21. The second-order valence-corrected chi connectivity index (χ2v) is 6.92. The fraction of sp³-hybridized carbons (Fsp3) is 0.188. The number of halogens is 3. The van der Waals surface area contributed by atoms with Crippen LogP contribution in [0.3, 0.4) is 0 Å². The third-order valence-corrected chi connectivity index (χ3v) is 4.82. The molecular weight excluding hydrogens is 359 g/mol. The Morgan fingerprint density at radius 3 is 2.28 bits per heavy atom. The predicted molar refractivity (Wildman–Crippen MR) is 83.2 cm³/mol. The molecule has 134 valence electrons. The first-order chi connectivity index (χ1) is 11.6. The van der Waals surface area contributed by atoms with Crippen molar-refractivity contribution in [2.75, 3.05) is 0 Å². The van der Waals surface area contributed by atoms with E-state index in [1.54, 1.807) is 18.2 Å². The number of rotatable bonds is 6. The van der Waals surface area contributed by atoms with Crippen molar-refractivity contribution in [3.63, 3.8) is 0 Å². The Bertz CT molecular complexity index is 851. The first-order valence-electron chi connectivity index (χ1n) is 7.06. The van der Waals surface area contributed by atoms with Gasteiger partial charge in [-0.05, 0) is 23.8 Å². The standard InChI is InChI=1S/C16H14F3NO4S/c17-16(18,19)12-7-4-8-13(9-12)25(23,24)20-14(10-15(21)22)11-5-2-1-3-6-11/h1-9,14,20H,10H2,(H,21,22). The van der Waals surface area contributed by atoms with Crippen LogP contribution in [-0.2, 0) is 21.0 Å². The lowest BCUT2D eigenvalue weighted by Gasteiger charge is -2.18. The molecule has 5 nitrogen and oxygen atoms in total. The third kappa shape index (κ3) is 5.04. The highest BCUT2D eigenvalue weighted by molar-refractivity contribution is 7.89. The molecule has 0 saturated heterocycles. The molecule has 0 aliphatic heterocycles. The zero-order valence-electron chi connectivity index (χ0n) is 12.7. The summed E-state index contributed by atoms with van der Waals surface area (Å²) >= 11 is 0. The number of carboxylic acid groups (broad SMARTS) is 1. The van der Waals surface area contributed by atoms with Crippen LogP contribution in [-0.4, -0.2) is 19.5 Å². The minimum absolute atomic E-state index is 0.389. The van der Waals surface area contributed by atoms with Crippen molar-refractivity contribution in [2.24, 2.45) is 0 Å². The molecule has 0 fully saturated rings. The summed E-state index contributed by atoms with van der Waals surface area (Å²) in [5.41, 5.74) is -0.717. The first kappa shape index (κ1) is 18.9. The highest BCUT2D eigenvalue weighted by Crippen LogP contribution is 2.31. The summed E-state index contributed by atoms with van der Waals surface area (Å²) in [5, 5.41) is 8.98. The van der Waals surface area contributed by atoms with Gasteiger partial charge >= 0.3 is 12.1 Å². The van der Waals surface area contributed by atoms with E-state index in [1.165, 1.54) is 12.1 Å². The van der Waals surface area contributed by atoms with Gasteiger partial charge in [0.25, 0.3) is 0 Å². The lowest BCUT2D eigenvalue weighted by molar-refractivity contribution is -0.138. The molecule has 0 aliphatic rings. The number of aliphatic carboxylic acids is 1. The summed E-state index contributed by atoms with van der Waals surface area (Å²) in [6, 6.07) is 10.1. The highest BCUT2D eigenvalue weighted by atomic mass is 32.2. The zero-order valence-corrected chi connectivity index (χ0v) is 13.5. The molecule has 0 radical (unpaired) electrons. The number of hydrogen-bond acceptors (Lipinski definition) is 3. The molecule has 9 heteroatoms. The van der Waals surface area contributed by atoms with Crippen LogP contribution >= 0.6 is 0 Å². The maximum atomic E-state index is 12.8. The van der Waals surface area contributed by atoms with Crippen LogP contribution in [0.2, 0.25) is 0 Å². The van der Waals surface area contributed by atoms with Crippen LogP contribution in [0.5, 0.6) is 0 Å². The van der Waals surface area contributed by atoms with Crippen molar-refractivity contribution >= 4 is 16.0 Å². The molecule has 25 heavy (non-hydrogen) atoms. The molecule has 1 atom stereocenters. The van der Waals surface area contributed by atoms with E-state index < -0.39 is 45.1 Å². The number of alkyl halides is 3. The van der Waals surface area contributed by atoms with Gasteiger partial charge in [-0.25, -0.2) is 13.1 Å². The van der Waals surface area contributed by atoms with Gasteiger partial charge in [0.05, 0.1) is 22.9 Å². The monoisotopic (exact) mass is 373 g/mol. The van der Waals surface area contributed by atoms with E-state index in [0.29, 0.717) is 11.6 Å². The SMILES string of the molecule is O=C(O)CC(NS(=O)(=O)c1cccc(C(F)(F)F)c1)c1ccccc1. The van der Waals surface area contributed by atoms with E-state index >= 15 is 0 Å². The van der Waals surface area contributed by atoms with Gasteiger partial charge in [-0.2, -0.15) is 13.2 Å². The molecular formula is C16H14F3NO4S. The molecule has 0 heterocycles. The van der Waals surface area contributed by atoms with Gasteiger partial charge in [0.2, 0.25) is 10.0 Å². The Balaban J connectivity index is 2.36. The first-order valence-corrected chi connectivity index (χ1v) is 8.54.